The van der Waals surface area contributed by atoms with E-state index in [0.717, 1.165) is 11.0 Å². The predicted molar refractivity (Wildman–Crippen MR) is 64.7 cm³/mol. The summed E-state index contributed by atoms with van der Waals surface area (Å²) in [7, 11) is -3.57. The number of hydrogen-bond acceptors (Lipinski definition) is 3. The van der Waals surface area contributed by atoms with Gasteiger partial charge in [-0.2, -0.15) is 0 Å². The molecule has 0 unspecified atom stereocenters. The van der Waals surface area contributed by atoms with Gasteiger partial charge in [0.05, 0.1) is 6.42 Å². The summed E-state index contributed by atoms with van der Waals surface area (Å²) in [5, 5.41) is 9.38. The molecule has 0 aliphatic heterocycles. The zero-order chi connectivity index (χ0) is 12.7. The standard InChI is InChI=1S/C11H13NO4S/c13-11(14)6-8-12-17(15,16)9-7-10-4-2-1-3-5-10/h1-5,7,9,12H,6,8H2,(H,13,14)/b9-7-. The zero-order valence-electron chi connectivity index (χ0n) is 9.04. The third-order valence-electron chi connectivity index (χ3n) is 1.88. The van der Waals surface area contributed by atoms with Crippen molar-refractivity contribution in [2.24, 2.45) is 0 Å². The maximum absolute atomic E-state index is 11.4. The van der Waals surface area contributed by atoms with Gasteiger partial charge in [0.25, 0.3) is 0 Å². The van der Waals surface area contributed by atoms with Crippen molar-refractivity contribution in [3.05, 3.63) is 41.3 Å². The first-order chi connectivity index (χ1) is 7.99. The van der Waals surface area contributed by atoms with Crippen LogP contribution in [0, 0.1) is 0 Å². The monoisotopic (exact) mass is 255 g/mol. The zero-order valence-corrected chi connectivity index (χ0v) is 9.85. The molecule has 1 aromatic rings. The molecular formula is C11H13NO4S. The van der Waals surface area contributed by atoms with Crippen LogP contribution in [0.25, 0.3) is 6.08 Å². The molecule has 1 rings (SSSR count). The van der Waals surface area contributed by atoms with Crippen LogP contribution in [0.1, 0.15) is 12.0 Å². The average molecular weight is 255 g/mol. The van der Waals surface area contributed by atoms with E-state index in [-0.39, 0.29) is 13.0 Å². The topological polar surface area (TPSA) is 83.5 Å². The lowest BCUT2D eigenvalue weighted by Gasteiger charge is -1.99. The number of rotatable bonds is 6. The number of hydrogen-bond donors (Lipinski definition) is 2. The lowest BCUT2D eigenvalue weighted by atomic mass is 10.2. The van der Waals surface area contributed by atoms with Gasteiger partial charge in [-0.05, 0) is 11.6 Å². The molecule has 0 fully saturated rings. The van der Waals surface area contributed by atoms with Gasteiger partial charge in [-0.25, -0.2) is 13.1 Å². The summed E-state index contributed by atoms with van der Waals surface area (Å²) in [5.41, 5.74) is 0.760. The van der Waals surface area contributed by atoms with Crippen LogP contribution in [-0.2, 0) is 14.8 Å². The summed E-state index contributed by atoms with van der Waals surface area (Å²) in [6.07, 6.45) is 1.21. The molecule has 92 valence electrons. The Hall–Kier alpha value is -1.66. The number of nitrogens with one attached hydrogen (secondary N) is 1. The number of aliphatic carboxylic acids is 1. The molecule has 0 saturated carbocycles. The minimum absolute atomic E-state index is 0.114. The third kappa shape index (κ3) is 5.84. The summed E-state index contributed by atoms with van der Waals surface area (Å²) in [6, 6.07) is 8.96. The van der Waals surface area contributed by atoms with Gasteiger partial charge in [0.15, 0.2) is 0 Å². The molecule has 0 amide bonds. The van der Waals surface area contributed by atoms with E-state index in [2.05, 4.69) is 4.72 Å². The molecular weight excluding hydrogens is 242 g/mol. The summed E-state index contributed by atoms with van der Waals surface area (Å²) in [4.78, 5) is 10.2. The lowest BCUT2D eigenvalue weighted by Crippen LogP contribution is -2.24. The molecule has 6 heteroatoms. The molecule has 2 N–H and O–H groups in total. The molecule has 17 heavy (non-hydrogen) atoms. The fourth-order valence-corrected chi connectivity index (χ4v) is 1.90. The number of carbonyl (C=O) groups is 1. The molecule has 0 atom stereocenters. The van der Waals surface area contributed by atoms with Crippen molar-refractivity contribution in [1.29, 1.82) is 0 Å². The number of benzene rings is 1. The van der Waals surface area contributed by atoms with Crippen molar-refractivity contribution in [3.63, 3.8) is 0 Å². The van der Waals surface area contributed by atoms with Crippen molar-refractivity contribution < 1.29 is 18.3 Å². The molecule has 0 heterocycles. The Labute approximate surface area is 99.8 Å². The van der Waals surface area contributed by atoms with Gasteiger partial charge in [0, 0.05) is 12.0 Å². The van der Waals surface area contributed by atoms with Gasteiger partial charge in [-0.1, -0.05) is 30.3 Å². The van der Waals surface area contributed by atoms with E-state index >= 15 is 0 Å². The first kappa shape index (κ1) is 13.4. The smallest absolute Gasteiger partial charge is 0.304 e. The van der Waals surface area contributed by atoms with Gasteiger partial charge >= 0.3 is 5.97 Å². The highest BCUT2D eigenvalue weighted by Gasteiger charge is 2.05. The first-order valence-electron chi connectivity index (χ1n) is 4.94. The second-order valence-corrected chi connectivity index (χ2v) is 4.95. The van der Waals surface area contributed by atoms with Crippen molar-refractivity contribution in [1.82, 2.24) is 4.72 Å². The molecule has 0 radical (unpaired) electrons. The van der Waals surface area contributed by atoms with Gasteiger partial charge in [-0.3, -0.25) is 4.79 Å². The van der Waals surface area contributed by atoms with Gasteiger partial charge in [0.1, 0.15) is 0 Å². The summed E-state index contributed by atoms with van der Waals surface area (Å²) in [5.74, 6) is -1.04. The Morgan fingerprint density at radius 2 is 1.94 bits per heavy atom. The number of carboxylic acids is 1. The lowest BCUT2D eigenvalue weighted by molar-refractivity contribution is -0.136. The molecule has 1 aromatic carbocycles. The highest BCUT2D eigenvalue weighted by molar-refractivity contribution is 7.92. The average Bonchev–Trinajstić information content (AvgIpc) is 2.27. The van der Waals surface area contributed by atoms with Crippen LogP contribution in [0.4, 0.5) is 0 Å². The van der Waals surface area contributed by atoms with E-state index in [1.54, 1.807) is 24.3 Å². The Bertz CT molecular complexity index is 493. The molecule has 5 nitrogen and oxygen atoms in total. The fraction of sp³-hybridized carbons (Fsp3) is 0.182. The minimum atomic E-state index is -3.57. The second kappa shape index (κ2) is 6.17. The van der Waals surface area contributed by atoms with Crippen molar-refractivity contribution >= 4 is 22.1 Å². The minimum Gasteiger partial charge on any atom is -0.481 e. The molecule has 0 spiro atoms. The van der Waals surface area contributed by atoms with Crippen molar-refractivity contribution in [2.45, 2.75) is 6.42 Å². The third-order valence-corrected chi connectivity index (χ3v) is 2.98. The highest BCUT2D eigenvalue weighted by Crippen LogP contribution is 2.02. The van der Waals surface area contributed by atoms with E-state index in [9.17, 15) is 13.2 Å². The van der Waals surface area contributed by atoms with E-state index in [1.807, 2.05) is 6.07 Å². The largest absolute Gasteiger partial charge is 0.481 e. The van der Waals surface area contributed by atoms with Gasteiger partial charge < -0.3 is 5.11 Å². The molecule has 0 aliphatic rings. The van der Waals surface area contributed by atoms with Crippen LogP contribution in [0.3, 0.4) is 0 Å². The number of sulfonamides is 1. The highest BCUT2D eigenvalue weighted by atomic mass is 32.2. The maximum Gasteiger partial charge on any atom is 0.304 e. The quantitative estimate of drug-likeness (QED) is 0.796. The second-order valence-electron chi connectivity index (χ2n) is 3.30. The van der Waals surface area contributed by atoms with E-state index < -0.39 is 16.0 Å². The van der Waals surface area contributed by atoms with Crippen LogP contribution in [0.15, 0.2) is 35.7 Å². The Balaban J connectivity index is 2.55. The Morgan fingerprint density at radius 3 is 2.53 bits per heavy atom. The summed E-state index contributed by atoms with van der Waals surface area (Å²) >= 11 is 0. The summed E-state index contributed by atoms with van der Waals surface area (Å²) in [6.45, 7) is -0.114. The van der Waals surface area contributed by atoms with Gasteiger partial charge in [-0.15, -0.1) is 0 Å². The molecule has 0 bridgehead atoms. The molecule has 0 aliphatic carbocycles. The van der Waals surface area contributed by atoms with Crippen LogP contribution in [0.2, 0.25) is 0 Å². The summed E-state index contributed by atoms with van der Waals surface area (Å²) < 4.78 is 25.0. The fourth-order valence-electron chi connectivity index (χ4n) is 1.08. The van der Waals surface area contributed by atoms with Crippen molar-refractivity contribution in [2.75, 3.05) is 6.54 Å². The maximum atomic E-state index is 11.4. The SMILES string of the molecule is O=C(O)CCNS(=O)(=O)/C=C\c1ccccc1. The molecule has 0 aromatic heterocycles. The Kier molecular flexibility index (Phi) is 4.86. The normalized spacial score (nSPS) is 11.8. The number of carboxylic acid groups (broad SMARTS) is 1. The van der Waals surface area contributed by atoms with E-state index in [1.165, 1.54) is 6.08 Å². The van der Waals surface area contributed by atoms with Crippen molar-refractivity contribution in [3.8, 4) is 0 Å². The molecule has 0 saturated heterocycles. The Morgan fingerprint density at radius 1 is 1.29 bits per heavy atom. The van der Waals surface area contributed by atoms with E-state index in [4.69, 9.17) is 5.11 Å². The van der Waals surface area contributed by atoms with Crippen LogP contribution in [-0.4, -0.2) is 26.0 Å². The van der Waals surface area contributed by atoms with Crippen LogP contribution in [0.5, 0.6) is 0 Å². The predicted octanol–water partition coefficient (Wildman–Crippen LogP) is 1.05. The van der Waals surface area contributed by atoms with Crippen LogP contribution < -0.4 is 4.72 Å². The first-order valence-corrected chi connectivity index (χ1v) is 6.49. The van der Waals surface area contributed by atoms with Gasteiger partial charge in [0.2, 0.25) is 10.0 Å². The van der Waals surface area contributed by atoms with Crippen LogP contribution >= 0.6 is 0 Å². The van der Waals surface area contributed by atoms with E-state index in [0.29, 0.717) is 0 Å².